The van der Waals surface area contributed by atoms with E-state index in [4.69, 9.17) is 4.74 Å². The summed E-state index contributed by atoms with van der Waals surface area (Å²) in [6.45, 7) is 1.83. The van der Waals surface area contributed by atoms with Gasteiger partial charge in [-0.1, -0.05) is 12.1 Å². The third-order valence-corrected chi connectivity index (χ3v) is 4.27. The Morgan fingerprint density at radius 1 is 1.13 bits per heavy atom. The predicted octanol–water partition coefficient (Wildman–Crippen LogP) is 4.31. The predicted molar refractivity (Wildman–Crippen MR) is 94.1 cm³/mol. The molecule has 30 heavy (non-hydrogen) atoms. The number of halogens is 5. The second-order valence-electron chi connectivity index (χ2n) is 6.33. The number of hydrogen-bond donors (Lipinski definition) is 1. The van der Waals surface area contributed by atoms with Crippen LogP contribution in [0.2, 0.25) is 0 Å². The van der Waals surface area contributed by atoms with Crippen molar-refractivity contribution >= 4 is 17.7 Å². The highest BCUT2D eigenvalue weighted by Gasteiger charge is 2.31. The molecule has 1 heterocycles. The number of benzene rings is 2. The van der Waals surface area contributed by atoms with Gasteiger partial charge in [0, 0.05) is 19.2 Å². The first kappa shape index (κ1) is 21.3. The highest BCUT2D eigenvalue weighted by Crippen LogP contribution is 2.28. The Hall–Kier alpha value is -3.37. The van der Waals surface area contributed by atoms with Crippen LogP contribution in [0.1, 0.15) is 28.9 Å². The standard InChI is InChI=1S/C19H15F5N2O4/c1-10(11-2-4-12(5-3-11)30-19(22,23)24)29-17(27)13-8-16(15(21)9-14(13)20)26-7-6-25-18(26)28/h2-5,8-10H,6-7H2,1H3,(H,25,28). The molecule has 11 heteroatoms. The number of amides is 2. The molecule has 1 aliphatic heterocycles. The first-order valence-electron chi connectivity index (χ1n) is 8.66. The van der Waals surface area contributed by atoms with Gasteiger partial charge in [-0.3, -0.25) is 4.90 Å². The number of esters is 1. The number of anilines is 1. The molecule has 160 valence electrons. The lowest BCUT2D eigenvalue weighted by molar-refractivity contribution is -0.274. The van der Waals surface area contributed by atoms with Gasteiger partial charge in [-0.25, -0.2) is 18.4 Å². The van der Waals surface area contributed by atoms with Crippen molar-refractivity contribution in [1.29, 1.82) is 0 Å². The van der Waals surface area contributed by atoms with Gasteiger partial charge in [-0.05, 0) is 30.7 Å². The SMILES string of the molecule is CC(OC(=O)c1cc(N2CCNC2=O)c(F)cc1F)c1ccc(OC(F)(F)F)cc1. The fourth-order valence-electron chi connectivity index (χ4n) is 2.83. The fraction of sp³-hybridized carbons (Fsp3) is 0.263. The molecule has 2 aromatic carbocycles. The van der Waals surface area contributed by atoms with Gasteiger partial charge in [0.05, 0.1) is 11.3 Å². The molecular formula is C19H15F5N2O4. The van der Waals surface area contributed by atoms with Crippen LogP contribution in [-0.2, 0) is 4.74 Å². The zero-order chi connectivity index (χ0) is 22.1. The lowest BCUT2D eigenvalue weighted by Gasteiger charge is -2.18. The van der Waals surface area contributed by atoms with Crippen LogP contribution in [0.15, 0.2) is 36.4 Å². The summed E-state index contributed by atoms with van der Waals surface area (Å²) in [5.74, 6) is -3.78. The van der Waals surface area contributed by atoms with Gasteiger partial charge >= 0.3 is 18.4 Å². The van der Waals surface area contributed by atoms with Crippen molar-refractivity contribution in [2.24, 2.45) is 0 Å². The molecule has 0 aliphatic carbocycles. The number of nitrogens with one attached hydrogen (secondary N) is 1. The molecule has 1 aliphatic rings. The minimum Gasteiger partial charge on any atom is -0.454 e. The molecular weight excluding hydrogens is 415 g/mol. The zero-order valence-corrected chi connectivity index (χ0v) is 15.4. The summed E-state index contributed by atoms with van der Waals surface area (Å²) in [7, 11) is 0. The quantitative estimate of drug-likeness (QED) is 0.567. The molecule has 0 bridgehead atoms. The van der Waals surface area contributed by atoms with E-state index >= 15 is 0 Å². The molecule has 1 unspecified atom stereocenters. The molecule has 1 atom stereocenters. The fourth-order valence-corrected chi connectivity index (χ4v) is 2.83. The van der Waals surface area contributed by atoms with Crippen molar-refractivity contribution in [2.45, 2.75) is 19.4 Å². The molecule has 1 fully saturated rings. The zero-order valence-electron chi connectivity index (χ0n) is 15.4. The van der Waals surface area contributed by atoms with Crippen molar-refractivity contribution in [3.8, 4) is 5.75 Å². The molecule has 1 saturated heterocycles. The Balaban J connectivity index is 1.76. The summed E-state index contributed by atoms with van der Waals surface area (Å²) in [6.07, 6.45) is -5.80. The first-order chi connectivity index (χ1) is 14.0. The van der Waals surface area contributed by atoms with Crippen LogP contribution < -0.4 is 15.0 Å². The van der Waals surface area contributed by atoms with Crippen LogP contribution in [0.5, 0.6) is 5.75 Å². The average Bonchev–Trinajstić information content (AvgIpc) is 3.06. The third kappa shape index (κ3) is 4.78. The summed E-state index contributed by atoms with van der Waals surface area (Å²) in [4.78, 5) is 25.1. The maximum atomic E-state index is 14.1. The van der Waals surface area contributed by atoms with E-state index in [9.17, 15) is 31.5 Å². The molecule has 2 aromatic rings. The maximum absolute atomic E-state index is 14.1. The van der Waals surface area contributed by atoms with Crippen molar-refractivity contribution in [1.82, 2.24) is 5.32 Å². The topological polar surface area (TPSA) is 67.9 Å². The lowest BCUT2D eigenvalue weighted by atomic mass is 10.1. The molecule has 0 radical (unpaired) electrons. The van der Waals surface area contributed by atoms with Crippen molar-refractivity contribution in [3.05, 3.63) is 59.2 Å². The van der Waals surface area contributed by atoms with Crippen LogP contribution in [0.25, 0.3) is 0 Å². The minimum absolute atomic E-state index is 0.138. The van der Waals surface area contributed by atoms with E-state index in [0.29, 0.717) is 11.6 Å². The van der Waals surface area contributed by atoms with E-state index in [1.54, 1.807) is 0 Å². The Bertz CT molecular complexity index is 963. The second kappa shape index (κ2) is 8.17. The largest absolute Gasteiger partial charge is 0.573 e. The van der Waals surface area contributed by atoms with Crippen molar-refractivity contribution < 1.29 is 41.0 Å². The molecule has 3 rings (SSSR count). The smallest absolute Gasteiger partial charge is 0.454 e. The first-order valence-corrected chi connectivity index (χ1v) is 8.66. The Morgan fingerprint density at radius 2 is 1.80 bits per heavy atom. The lowest BCUT2D eigenvalue weighted by Crippen LogP contribution is -2.29. The number of hydrogen-bond acceptors (Lipinski definition) is 4. The Morgan fingerprint density at radius 3 is 2.37 bits per heavy atom. The van der Waals surface area contributed by atoms with E-state index in [0.717, 1.165) is 23.1 Å². The Kier molecular flexibility index (Phi) is 5.81. The van der Waals surface area contributed by atoms with E-state index in [2.05, 4.69) is 10.1 Å². The molecule has 6 nitrogen and oxygen atoms in total. The summed E-state index contributed by atoms with van der Waals surface area (Å²) in [5.41, 5.74) is -0.547. The molecule has 0 spiro atoms. The average molecular weight is 430 g/mol. The normalized spacial score (nSPS) is 15.0. The third-order valence-electron chi connectivity index (χ3n) is 4.27. The summed E-state index contributed by atoms with van der Waals surface area (Å²) < 4.78 is 73.8. The van der Waals surface area contributed by atoms with E-state index in [-0.39, 0.29) is 18.8 Å². The van der Waals surface area contributed by atoms with Gasteiger partial charge in [-0.15, -0.1) is 13.2 Å². The van der Waals surface area contributed by atoms with Crippen molar-refractivity contribution in [2.75, 3.05) is 18.0 Å². The minimum atomic E-state index is -4.84. The van der Waals surface area contributed by atoms with Gasteiger partial charge in [0.1, 0.15) is 23.5 Å². The van der Waals surface area contributed by atoms with Gasteiger partial charge in [0.25, 0.3) is 0 Å². The van der Waals surface area contributed by atoms with E-state index < -0.39 is 47.4 Å². The number of nitrogens with zero attached hydrogens (tertiary/aromatic N) is 1. The van der Waals surface area contributed by atoms with Gasteiger partial charge in [0.15, 0.2) is 0 Å². The molecule has 2 amide bonds. The van der Waals surface area contributed by atoms with E-state index in [1.165, 1.54) is 19.1 Å². The van der Waals surface area contributed by atoms with E-state index in [1.807, 2.05) is 0 Å². The highest BCUT2D eigenvalue weighted by molar-refractivity contribution is 5.97. The number of alkyl halides is 3. The second-order valence-corrected chi connectivity index (χ2v) is 6.33. The Labute approximate surface area is 167 Å². The van der Waals surface area contributed by atoms with Crippen LogP contribution in [0, 0.1) is 11.6 Å². The monoisotopic (exact) mass is 430 g/mol. The van der Waals surface area contributed by atoms with Crippen LogP contribution in [0.4, 0.5) is 32.4 Å². The summed E-state index contributed by atoms with van der Waals surface area (Å²) in [6, 6.07) is 5.34. The van der Waals surface area contributed by atoms with Crippen LogP contribution in [-0.4, -0.2) is 31.5 Å². The van der Waals surface area contributed by atoms with Gasteiger partial charge in [0.2, 0.25) is 0 Å². The van der Waals surface area contributed by atoms with Crippen molar-refractivity contribution in [3.63, 3.8) is 0 Å². The molecule has 0 aromatic heterocycles. The summed E-state index contributed by atoms with van der Waals surface area (Å²) >= 11 is 0. The summed E-state index contributed by atoms with van der Waals surface area (Å²) in [5, 5.41) is 2.46. The number of urea groups is 1. The van der Waals surface area contributed by atoms with Crippen LogP contribution >= 0.6 is 0 Å². The molecule has 1 N–H and O–H groups in total. The van der Waals surface area contributed by atoms with Crippen LogP contribution in [0.3, 0.4) is 0 Å². The van der Waals surface area contributed by atoms with Gasteiger partial charge in [-0.2, -0.15) is 0 Å². The number of carbonyl (C=O) groups excluding carboxylic acids is 2. The molecule has 0 saturated carbocycles. The number of rotatable bonds is 5. The highest BCUT2D eigenvalue weighted by atomic mass is 19.4. The maximum Gasteiger partial charge on any atom is 0.573 e. The number of ether oxygens (including phenoxy) is 2. The van der Waals surface area contributed by atoms with Gasteiger partial charge < -0.3 is 14.8 Å². The number of carbonyl (C=O) groups is 2.